The number of rotatable bonds is 5. The molecule has 0 radical (unpaired) electrons. The average Bonchev–Trinajstić information content (AvgIpc) is 2.47. The first-order valence-corrected chi connectivity index (χ1v) is 6.98. The quantitative estimate of drug-likeness (QED) is 0.409. The van der Waals surface area contributed by atoms with Gasteiger partial charge in [-0.2, -0.15) is 5.10 Å². The lowest BCUT2D eigenvalue weighted by Gasteiger charge is -2.08. The molecule has 110 valence electrons. The Hall–Kier alpha value is -2.79. The van der Waals surface area contributed by atoms with Gasteiger partial charge in [0.2, 0.25) is 0 Å². The van der Waals surface area contributed by atoms with E-state index in [1.165, 1.54) is 18.3 Å². The van der Waals surface area contributed by atoms with E-state index in [9.17, 15) is 18.5 Å². The first kappa shape index (κ1) is 14.6. The number of aromatic nitrogens is 2. The van der Waals surface area contributed by atoms with E-state index in [1.807, 2.05) is 0 Å². The van der Waals surface area contributed by atoms with Gasteiger partial charge in [0.05, 0.1) is 9.82 Å². The summed E-state index contributed by atoms with van der Waals surface area (Å²) < 4.78 is 26.5. The number of hydrogen-bond acceptors (Lipinski definition) is 8. The number of nitro groups is 1. The maximum absolute atomic E-state index is 12.1. The molecule has 0 saturated heterocycles. The molecule has 0 unspecified atom stereocenters. The Morgan fingerprint density at radius 1 is 1.29 bits per heavy atom. The van der Waals surface area contributed by atoms with Crippen LogP contribution in [0.15, 0.2) is 41.4 Å². The molecule has 0 atom stereocenters. The highest BCUT2D eigenvalue weighted by molar-refractivity contribution is 7.92. The number of hydrogen-bond donors (Lipinski definition) is 3. The van der Waals surface area contributed by atoms with Crippen LogP contribution in [0.4, 0.5) is 17.2 Å². The average molecular weight is 310 g/mol. The summed E-state index contributed by atoms with van der Waals surface area (Å²) in [5.41, 5.74) is 1.63. The fourth-order valence-electron chi connectivity index (χ4n) is 1.51. The highest BCUT2D eigenvalue weighted by atomic mass is 32.2. The molecular weight excluding hydrogens is 300 g/mol. The minimum Gasteiger partial charge on any atom is -0.318 e. The monoisotopic (exact) mass is 310 g/mol. The molecule has 0 bridgehead atoms. The van der Waals surface area contributed by atoms with E-state index >= 15 is 0 Å². The van der Waals surface area contributed by atoms with Crippen molar-refractivity contribution in [1.29, 1.82) is 0 Å². The van der Waals surface area contributed by atoms with Crippen LogP contribution in [0.25, 0.3) is 0 Å². The molecule has 1 aromatic heterocycles. The molecule has 1 heterocycles. The summed E-state index contributed by atoms with van der Waals surface area (Å²) in [7, 11) is -3.96. The Kier molecular flexibility index (Phi) is 3.95. The van der Waals surface area contributed by atoms with Crippen LogP contribution in [0, 0.1) is 10.1 Å². The third-order valence-electron chi connectivity index (χ3n) is 2.44. The van der Waals surface area contributed by atoms with Crippen molar-refractivity contribution in [2.45, 2.75) is 4.90 Å². The predicted molar refractivity (Wildman–Crippen MR) is 73.7 cm³/mol. The van der Waals surface area contributed by atoms with Crippen molar-refractivity contribution in [3.8, 4) is 0 Å². The van der Waals surface area contributed by atoms with Gasteiger partial charge in [-0.05, 0) is 24.3 Å². The van der Waals surface area contributed by atoms with Crippen molar-refractivity contribution >= 4 is 27.2 Å². The fraction of sp³-hybridized carbons (Fsp3) is 0. The van der Waals surface area contributed by atoms with Crippen LogP contribution in [-0.2, 0) is 10.0 Å². The minimum absolute atomic E-state index is 0.0260. The lowest BCUT2D eigenvalue weighted by atomic mass is 10.3. The third-order valence-corrected chi connectivity index (χ3v) is 3.79. The molecule has 0 saturated carbocycles. The van der Waals surface area contributed by atoms with Crippen molar-refractivity contribution in [3.63, 3.8) is 0 Å². The summed E-state index contributed by atoms with van der Waals surface area (Å²) in [6, 6.07) is 6.11. The molecule has 2 aromatic rings. The van der Waals surface area contributed by atoms with Crippen LogP contribution in [0.2, 0.25) is 0 Å². The topological polar surface area (TPSA) is 153 Å². The number of benzene rings is 1. The first-order chi connectivity index (χ1) is 9.94. The number of nitrogen functional groups attached to an aromatic ring is 1. The molecule has 21 heavy (non-hydrogen) atoms. The number of nitrogens with zero attached hydrogens (tertiary/aromatic N) is 3. The maximum Gasteiger partial charge on any atom is 0.293 e. The molecule has 0 aliphatic heterocycles. The van der Waals surface area contributed by atoms with Crippen molar-refractivity contribution in [2.75, 3.05) is 10.1 Å². The van der Waals surface area contributed by atoms with E-state index in [0.29, 0.717) is 0 Å². The number of anilines is 2. The summed E-state index contributed by atoms with van der Waals surface area (Å²) >= 11 is 0. The first-order valence-electron chi connectivity index (χ1n) is 5.49. The highest BCUT2D eigenvalue weighted by Gasteiger charge is 2.20. The standard InChI is InChI=1S/C10H10N6O4S/c11-13-8-6-7(3-4-9(8)16(17)18)21(19,20)15-10-2-1-5-12-14-10/h1-6,13H,11H2,(H,14,15). The van der Waals surface area contributed by atoms with Crippen LogP contribution in [0.5, 0.6) is 0 Å². The van der Waals surface area contributed by atoms with E-state index in [2.05, 4.69) is 20.3 Å². The van der Waals surface area contributed by atoms with Gasteiger partial charge in [0.1, 0.15) is 5.69 Å². The van der Waals surface area contributed by atoms with E-state index in [4.69, 9.17) is 5.84 Å². The second-order valence-corrected chi connectivity index (χ2v) is 5.48. The zero-order chi connectivity index (χ0) is 15.5. The van der Waals surface area contributed by atoms with Gasteiger partial charge in [-0.25, -0.2) is 8.42 Å². The predicted octanol–water partition coefficient (Wildman–Crippen LogP) is 0.471. The minimum atomic E-state index is -3.96. The Morgan fingerprint density at radius 2 is 2.05 bits per heavy atom. The Bertz CT molecular complexity index is 764. The highest BCUT2D eigenvalue weighted by Crippen LogP contribution is 2.27. The van der Waals surface area contributed by atoms with Gasteiger partial charge in [0.25, 0.3) is 15.7 Å². The van der Waals surface area contributed by atoms with Gasteiger partial charge in [-0.15, -0.1) is 5.10 Å². The molecule has 1 aromatic carbocycles. The molecular formula is C10H10N6O4S. The molecule has 0 aliphatic rings. The van der Waals surface area contributed by atoms with Crippen LogP contribution in [-0.4, -0.2) is 23.5 Å². The summed E-state index contributed by atoms with van der Waals surface area (Å²) in [6.07, 6.45) is 1.39. The van der Waals surface area contributed by atoms with Crippen LogP contribution < -0.4 is 16.0 Å². The van der Waals surface area contributed by atoms with Gasteiger partial charge in [0.15, 0.2) is 5.82 Å². The van der Waals surface area contributed by atoms with E-state index in [0.717, 1.165) is 18.2 Å². The molecule has 2 rings (SSSR count). The molecule has 10 nitrogen and oxygen atoms in total. The lowest BCUT2D eigenvalue weighted by molar-refractivity contribution is -0.384. The van der Waals surface area contributed by atoms with Gasteiger partial charge in [0, 0.05) is 12.3 Å². The molecule has 0 spiro atoms. The van der Waals surface area contributed by atoms with Crippen molar-refractivity contribution in [2.24, 2.45) is 5.84 Å². The summed E-state index contributed by atoms with van der Waals surface area (Å²) in [4.78, 5) is 9.88. The van der Waals surface area contributed by atoms with Crippen molar-refractivity contribution in [1.82, 2.24) is 10.2 Å². The van der Waals surface area contributed by atoms with Gasteiger partial charge < -0.3 is 5.43 Å². The van der Waals surface area contributed by atoms with E-state index < -0.39 is 14.9 Å². The summed E-state index contributed by atoms with van der Waals surface area (Å²) in [5, 5.41) is 17.9. The second-order valence-electron chi connectivity index (χ2n) is 3.79. The number of nitrogens with one attached hydrogen (secondary N) is 2. The molecule has 0 aliphatic carbocycles. The number of nitrogens with two attached hydrogens (primary N) is 1. The van der Waals surface area contributed by atoms with Gasteiger partial charge >= 0.3 is 0 Å². The van der Waals surface area contributed by atoms with Crippen molar-refractivity contribution < 1.29 is 13.3 Å². The summed E-state index contributed by atoms with van der Waals surface area (Å²) in [6.45, 7) is 0. The molecule has 11 heteroatoms. The SMILES string of the molecule is NNc1cc(S(=O)(=O)Nc2cccnn2)ccc1[N+](=O)[O-]. The number of nitro benzene ring substituents is 1. The smallest absolute Gasteiger partial charge is 0.293 e. The third kappa shape index (κ3) is 3.21. The van der Waals surface area contributed by atoms with Crippen LogP contribution in [0.1, 0.15) is 0 Å². The Labute approximate surface area is 119 Å². The Morgan fingerprint density at radius 3 is 2.62 bits per heavy atom. The van der Waals surface area contributed by atoms with Crippen LogP contribution >= 0.6 is 0 Å². The fourth-order valence-corrected chi connectivity index (χ4v) is 2.53. The van der Waals surface area contributed by atoms with Gasteiger partial charge in [-0.3, -0.25) is 20.7 Å². The normalized spacial score (nSPS) is 10.9. The van der Waals surface area contributed by atoms with E-state index in [1.54, 1.807) is 0 Å². The maximum atomic E-state index is 12.1. The largest absolute Gasteiger partial charge is 0.318 e. The lowest BCUT2D eigenvalue weighted by Crippen LogP contribution is -2.16. The zero-order valence-electron chi connectivity index (χ0n) is 10.4. The zero-order valence-corrected chi connectivity index (χ0v) is 11.2. The van der Waals surface area contributed by atoms with Crippen LogP contribution in [0.3, 0.4) is 0 Å². The Balaban J connectivity index is 2.39. The number of hydrazine groups is 1. The van der Waals surface area contributed by atoms with Crippen molar-refractivity contribution in [3.05, 3.63) is 46.6 Å². The molecule has 0 fully saturated rings. The number of sulfonamides is 1. The second kappa shape index (κ2) is 5.68. The molecule has 0 amide bonds. The van der Waals surface area contributed by atoms with Gasteiger partial charge in [-0.1, -0.05) is 0 Å². The molecule has 4 N–H and O–H groups in total. The van der Waals surface area contributed by atoms with E-state index in [-0.39, 0.29) is 22.1 Å². The summed E-state index contributed by atoms with van der Waals surface area (Å²) in [5.74, 6) is 5.19.